The summed E-state index contributed by atoms with van der Waals surface area (Å²) in [5.74, 6) is 0.707. The van der Waals surface area contributed by atoms with Crippen LogP contribution in [0.2, 0.25) is 0 Å². The maximum Gasteiger partial charge on any atom is 0.227 e. The van der Waals surface area contributed by atoms with Crippen molar-refractivity contribution in [2.45, 2.75) is 26.7 Å². The lowest BCUT2D eigenvalue weighted by Crippen LogP contribution is -2.14. The minimum atomic E-state index is -0.0587. The third kappa shape index (κ3) is 3.13. The van der Waals surface area contributed by atoms with E-state index in [0.717, 1.165) is 12.8 Å². The molecule has 1 saturated carbocycles. The predicted octanol–water partition coefficient (Wildman–Crippen LogP) is 2.88. The Balaban J connectivity index is 2.20. The average molecular weight is 261 g/mol. The van der Waals surface area contributed by atoms with Gasteiger partial charge in [0, 0.05) is 17.4 Å². The quantitative estimate of drug-likeness (QED) is 0.829. The molecule has 0 bridgehead atoms. The monoisotopic (exact) mass is 261 g/mol. The molecule has 0 radical (unpaired) electrons. The largest absolute Gasteiger partial charge is 0.495 e. The molecule has 1 aromatic carbocycles. The molecule has 1 fully saturated rings. The molecule has 0 atom stereocenters. The zero-order chi connectivity index (χ0) is 14.0. The normalized spacial score (nSPS) is 14.3. The van der Waals surface area contributed by atoms with E-state index in [-0.39, 0.29) is 23.5 Å². The number of ether oxygens (including phenoxy) is 1. The summed E-state index contributed by atoms with van der Waals surface area (Å²) in [4.78, 5) is 23.7. The van der Waals surface area contributed by atoms with Gasteiger partial charge in [-0.15, -0.1) is 0 Å². The molecule has 2 rings (SSSR count). The van der Waals surface area contributed by atoms with Crippen LogP contribution in [0.25, 0.3) is 0 Å². The summed E-state index contributed by atoms with van der Waals surface area (Å²) in [6.07, 6.45) is 1.91. The molecule has 102 valence electrons. The Morgan fingerprint density at radius 3 is 2.53 bits per heavy atom. The van der Waals surface area contributed by atoms with Gasteiger partial charge in [-0.3, -0.25) is 9.59 Å². The van der Waals surface area contributed by atoms with Gasteiger partial charge in [0.15, 0.2) is 5.78 Å². The topological polar surface area (TPSA) is 55.4 Å². The number of Topliss-reactive ketones (excluding diaryl/α,β-unsaturated/α-hetero) is 1. The van der Waals surface area contributed by atoms with Gasteiger partial charge >= 0.3 is 0 Å². The molecule has 19 heavy (non-hydrogen) atoms. The highest BCUT2D eigenvalue weighted by molar-refractivity contribution is 6.00. The number of ketones is 1. The van der Waals surface area contributed by atoms with Crippen molar-refractivity contribution >= 4 is 17.4 Å². The molecule has 0 aromatic heterocycles. The summed E-state index contributed by atoms with van der Waals surface area (Å²) in [6.45, 7) is 3.72. The number of anilines is 1. The van der Waals surface area contributed by atoms with Gasteiger partial charge < -0.3 is 10.1 Å². The second-order valence-electron chi connectivity index (χ2n) is 5.20. The standard InChI is InChI=1S/C15H19NO3/c1-9(2)14(17)11-6-7-12(13(8-11)19-3)16-15(18)10-4-5-10/h6-10H,4-5H2,1-3H3,(H,16,18). The molecule has 0 saturated heterocycles. The first-order chi connectivity index (χ1) is 9.02. The molecule has 4 nitrogen and oxygen atoms in total. The molecule has 1 amide bonds. The van der Waals surface area contributed by atoms with Gasteiger partial charge in [-0.25, -0.2) is 0 Å². The number of hydrogen-bond donors (Lipinski definition) is 1. The Kier molecular flexibility index (Phi) is 3.88. The summed E-state index contributed by atoms with van der Waals surface area (Å²) in [7, 11) is 1.53. The van der Waals surface area contributed by atoms with Crippen LogP contribution in [0.4, 0.5) is 5.69 Å². The zero-order valence-corrected chi connectivity index (χ0v) is 11.5. The summed E-state index contributed by atoms with van der Waals surface area (Å²) in [5, 5.41) is 2.84. The highest BCUT2D eigenvalue weighted by Crippen LogP contribution is 2.32. The molecule has 1 aliphatic rings. The number of carbonyl (C=O) groups is 2. The van der Waals surface area contributed by atoms with E-state index in [2.05, 4.69) is 5.32 Å². The summed E-state index contributed by atoms with van der Waals surface area (Å²) in [5.41, 5.74) is 1.23. The Labute approximate surface area is 113 Å². The Bertz CT molecular complexity index is 504. The maximum atomic E-state index is 11.9. The number of rotatable bonds is 5. The van der Waals surface area contributed by atoms with Gasteiger partial charge in [-0.2, -0.15) is 0 Å². The third-order valence-electron chi connectivity index (χ3n) is 3.22. The van der Waals surface area contributed by atoms with Crippen molar-refractivity contribution in [3.05, 3.63) is 23.8 Å². The number of methoxy groups -OCH3 is 1. The molecule has 0 aliphatic heterocycles. The highest BCUT2D eigenvalue weighted by atomic mass is 16.5. The Hall–Kier alpha value is -1.84. The SMILES string of the molecule is COc1cc(C(=O)C(C)C)ccc1NC(=O)C1CC1. The van der Waals surface area contributed by atoms with Crippen molar-refractivity contribution in [3.8, 4) is 5.75 Å². The van der Waals surface area contributed by atoms with E-state index in [1.54, 1.807) is 18.2 Å². The first kappa shape index (κ1) is 13.6. The van der Waals surface area contributed by atoms with Gasteiger partial charge in [0.2, 0.25) is 5.91 Å². The number of nitrogens with one attached hydrogen (secondary N) is 1. The number of benzene rings is 1. The van der Waals surface area contributed by atoms with Crippen LogP contribution in [0.3, 0.4) is 0 Å². The van der Waals surface area contributed by atoms with Crippen LogP contribution in [-0.2, 0) is 4.79 Å². The lowest BCUT2D eigenvalue weighted by Gasteiger charge is -2.12. The van der Waals surface area contributed by atoms with Gasteiger partial charge in [0.05, 0.1) is 12.8 Å². The van der Waals surface area contributed by atoms with Crippen molar-refractivity contribution in [2.75, 3.05) is 12.4 Å². The van der Waals surface area contributed by atoms with Crippen molar-refractivity contribution in [1.82, 2.24) is 0 Å². The molecule has 1 aromatic rings. The predicted molar refractivity (Wildman–Crippen MR) is 73.5 cm³/mol. The fraction of sp³-hybridized carbons (Fsp3) is 0.467. The van der Waals surface area contributed by atoms with Crippen LogP contribution in [0, 0.1) is 11.8 Å². The van der Waals surface area contributed by atoms with Crippen LogP contribution in [0.15, 0.2) is 18.2 Å². The van der Waals surface area contributed by atoms with Crippen molar-refractivity contribution < 1.29 is 14.3 Å². The van der Waals surface area contributed by atoms with Crippen LogP contribution in [0.1, 0.15) is 37.0 Å². The van der Waals surface area contributed by atoms with E-state index < -0.39 is 0 Å². The lowest BCUT2D eigenvalue weighted by atomic mass is 10.0. The second kappa shape index (κ2) is 5.43. The number of carbonyl (C=O) groups excluding carboxylic acids is 2. The van der Waals surface area contributed by atoms with Crippen molar-refractivity contribution in [1.29, 1.82) is 0 Å². The fourth-order valence-electron chi connectivity index (χ4n) is 1.86. The van der Waals surface area contributed by atoms with E-state index in [9.17, 15) is 9.59 Å². The van der Waals surface area contributed by atoms with Crippen LogP contribution < -0.4 is 10.1 Å². The van der Waals surface area contributed by atoms with Crippen molar-refractivity contribution in [2.24, 2.45) is 11.8 Å². The van der Waals surface area contributed by atoms with Gasteiger partial charge in [0.1, 0.15) is 5.75 Å². The summed E-state index contributed by atoms with van der Waals surface area (Å²) in [6, 6.07) is 5.15. The first-order valence-electron chi connectivity index (χ1n) is 6.56. The van der Waals surface area contributed by atoms with Crippen molar-refractivity contribution in [3.63, 3.8) is 0 Å². The number of amides is 1. The van der Waals surface area contributed by atoms with Crippen LogP contribution in [0.5, 0.6) is 5.75 Å². The first-order valence-corrected chi connectivity index (χ1v) is 6.56. The van der Waals surface area contributed by atoms with Gasteiger partial charge in [-0.05, 0) is 31.0 Å². The molecule has 0 heterocycles. The molecular formula is C15H19NO3. The molecule has 4 heteroatoms. The molecular weight excluding hydrogens is 242 g/mol. The Morgan fingerprint density at radius 1 is 1.32 bits per heavy atom. The minimum Gasteiger partial charge on any atom is -0.495 e. The van der Waals surface area contributed by atoms with Gasteiger partial charge in [-0.1, -0.05) is 13.8 Å². The van der Waals surface area contributed by atoms with E-state index in [0.29, 0.717) is 17.0 Å². The zero-order valence-electron chi connectivity index (χ0n) is 11.5. The van der Waals surface area contributed by atoms with Crippen LogP contribution in [-0.4, -0.2) is 18.8 Å². The summed E-state index contributed by atoms with van der Waals surface area (Å²) < 4.78 is 5.25. The second-order valence-corrected chi connectivity index (χ2v) is 5.20. The van der Waals surface area contributed by atoms with E-state index >= 15 is 0 Å². The fourth-order valence-corrected chi connectivity index (χ4v) is 1.86. The Morgan fingerprint density at radius 2 is 2.00 bits per heavy atom. The lowest BCUT2D eigenvalue weighted by molar-refractivity contribution is -0.117. The average Bonchev–Trinajstić information content (AvgIpc) is 3.22. The molecule has 1 N–H and O–H groups in total. The highest BCUT2D eigenvalue weighted by Gasteiger charge is 2.30. The molecule has 0 spiro atoms. The van der Waals surface area contributed by atoms with E-state index in [4.69, 9.17) is 4.74 Å². The van der Waals surface area contributed by atoms with E-state index in [1.807, 2.05) is 13.8 Å². The molecule has 0 unspecified atom stereocenters. The summed E-state index contributed by atoms with van der Waals surface area (Å²) >= 11 is 0. The minimum absolute atomic E-state index is 0.0289. The maximum absolute atomic E-state index is 11.9. The number of hydrogen-bond acceptors (Lipinski definition) is 3. The molecule has 1 aliphatic carbocycles. The van der Waals surface area contributed by atoms with Gasteiger partial charge in [0.25, 0.3) is 0 Å². The third-order valence-corrected chi connectivity index (χ3v) is 3.22. The van der Waals surface area contributed by atoms with Crippen LogP contribution >= 0.6 is 0 Å². The smallest absolute Gasteiger partial charge is 0.227 e. The van der Waals surface area contributed by atoms with E-state index in [1.165, 1.54) is 7.11 Å².